The van der Waals surface area contributed by atoms with E-state index >= 15 is 0 Å². The molecule has 1 rings (SSSR count). The molecule has 0 unspecified atom stereocenters. The molecular formula is C24H42OSi. The Morgan fingerprint density at radius 1 is 0.808 bits per heavy atom. The van der Waals surface area contributed by atoms with Crippen LogP contribution in [0.4, 0.5) is 0 Å². The Labute approximate surface area is 164 Å². The standard InChI is InChI=1S/C24H42OSi/c1-5-6-7-8-9-10-11-12-13-14-15-16-17-19-23-20-18-21-24(22-23)25-26(2,3)4/h10-11,18,20-22H,5-9,12-17,19H2,1-4H3. The van der Waals surface area contributed by atoms with Crippen LogP contribution >= 0.6 is 0 Å². The second kappa shape index (κ2) is 14.1. The van der Waals surface area contributed by atoms with Crippen molar-refractivity contribution in [3.05, 3.63) is 42.0 Å². The lowest BCUT2D eigenvalue weighted by molar-refractivity contribution is 0.556. The second-order valence-corrected chi connectivity index (χ2v) is 12.9. The molecule has 0 saturated heterocycles. The molecule has 1 nitrogen and oxygen atoms in total. The molecule has 0 spiro atoms. The van der Waals surface area contributed by atoms with Crippen molar-refractivity contribution in [2.75, 3.05) is 0 Å². The highest BCUT2D eigenvalue weighted by atomic mass is 28.4. The maximum atomic E-state index is 6.09. The van der Waals surface area contributed by atoms with Gasteiger partial charge in [0, 0.05) is 0 Å². The lowest BCUT2D eigenvalue weighted by Crippen LogP contribution is -2.29. The summed E-state index contributed by atoms with van der Waals surface area (Å²) >= 11 is 0. The molecule has 26 heavy (non-hydrogen) atoms. The zero-order chi connectivity index (χ0) is 19.1. The van der Waals surface area contributed by atoms with Crippen LogP contribution in [-0.4, -0.2) is 8.32 Å². The average Bonchev–Trinajstić information content (AvgIpc) is 2.58. The van der Waals surface area contributed by atoms with E-state index in [1.54, 1.807) is 0 Å². The molecule has 0 amide bonds. The zero-order valence-corrected chi connectivity index (χ0v) is 18.9. The number of hydrogen-bond donors (Lipinski definition) is 0. The number of benzene rings is 1. The third-order valence-corrected chi connectivity index (χ3v) is 5.40. The smallest absolute Gasteiger partial charge is 0.242 e. The first-order valence-electron chi connectivity index (χ1n) is 10.9. The maximum absolute atomic E-state index is 6.09. The van der Waals surface area contributed by atoms with Crippen molar-refractivity contribution < 1.29 is 4.43 Å². The molecule has 0 aromatic heterocycles. The van der Waals surface area contributed by atoms with Crippen molar-refractivity contribution in [3.8, 4) is 5.75 Å². The van der Waals surface area contributed by atoms with Crippen LogP contribution in [0.1, 0.15) is 83.1 Å². The summed E-state index contributed by atoms with van der Waals surface area (Å²) in [5.41, 5.74) is 1.42. The van der Waals surface area contributed by atoms with Crippen LogP contribution in [0.2, 0.25) is 19.6 Å². The topological polar surface area (TPSA) is 9.23 Å². The molecule has 0 N–H and O–H groups in total. The van der Waals surface area contributed by atoms with Gasteiger partial charge in [0.05, 0.1) is 0 Å². The largest absolute Gasteiger partial charge is 0.544 e. The first-order chi connectivity index (χ1) is 12.5. The molecule has 0 radical (unpaired) electrons. The van der Waals surface area contributed by atoms with Gasteiger partial charge in [-0.05, 0) is 75.9 Å². The highest BCUT2D eigenvalue weighted by Crippen LogP contribution is 2.19. The lowest BCUT2D eigenvalue weighted by atomic mass is 10.0. The summed E-state index contributed by atoms with van der Waals surface area (Å²) in [4.78, 5) is 0. The molecular weight excluding hydrogens is 332 g/mol. The Morgan fingerprint density at radius 2 is 1.42 bits per heavy atom. The van der Waals surface area contributed by atoms with Crippen LogP contribution in [0.15, 0.2) is 36.4 Å². The summed E-state index contributed by atoms with van der Waals surface area (Å²) in [7, 11) is -1.50. The van der Waals surface area contributed by atoms with E-state index in [-0.39, 0.29) is 0 Å². The summed E-state index contributed by atoms with van der Waals surface area (Å²) in [5.74, 6) is 1.06. The van der Waals surface area contributed by atoms with Crippen LogP contribution < -0.4 is 4.43 Å². The lowest BCUT2D eigenvalue weighted by Gasteiger charge is -2.19. The molecule has 0 aliphatic carbocycles. The van der Waals surface area contributed by atoms with Crippen molar-refractivity contribution >= 4 is 8.32 Å². The molecule has 2 heteroatoms. The molecule has 1 aromatic rings. The first kappa shape index (κ1) is 23.0. The number of rotatable bonds is 15. The summed E-state index contributed by atoms with van der Waals surface area (Å²) in [5, 5.41) is 0. The van der Waals surface area contributed by atoms with Crippen molar-refractivity contribution in [1.82, 2.24) is 0 Å². The number of unbranched alkanes of at least 4 members (excludes halogenated alkanes) is 9. The highest BCUT2D eigenvalue weighted by molar-refractivity contribution is 6.70. The molecule has 1 aromatic carbocycles. The summed E-state index contributed by atoms with van der Waals surface area (Å²) in [6.45, 7) is 8.99. The Bertz CT molecular complexity index is 487. The van der Waals surface area contributed by atoms with Gasteiger partial charge < -0.3 is 4.43 Å². The van der Waals surface area contributed by atoms with E-state index in [2.05, 4.69) is 63.0 Å². The minimum atomic E-state index is -1.50. The van der Waals surface area contributed by atoms with E-state index in [0.717, 1.165) is 5.75 Å². The van der Waals surface area contributed by atoms with Gasteiger partial charge in [0.25, 0.3) is 0 Å². The second-order valence-electron chi connectivity index (χ2n) is 8.49. The Kier molecular flexibility index (Phi) is 12.5. The normalized spacial score (nSPS) is 12.0. The quantitative estimate of drug-likeness (QED) is 0.170. The number of allylic oxidation sites excluding steroid dienone is 2. The van der Waals surface area contributed by atoms with Crippen molar-refractivity contribution in [3.63, 3.8) is 0 Å². The first-order valence-corrected chi connectivity index (χ1v) is 14.3. The van der Waals surface area contributed by atoms with E-state index in [1.165, 1.54) is 82.6 Å². The number of hydrogen-bond acceptors (Lipinski definition) is 1. The molecule has 0 saturated carbocycles. The van der Waals surface area contributed by atoms with Gasteiger partial charge in [-0.15, -0.1) is 0 Å². The van der Waals surface area contributed by atoms with Gasteiger partial charge in [-0.25, -0.2) is 0 Å². The van der Waals surface area contributed by atoms with Crippen LogP contribution in [0.3, 0.4) is 0 Å². The third-order valence-electron chi connectivity index (χ3n) is 4.55. The SMILES string of the molecule is CCCCCCC=CCCCCCCCc1cccc(O[Si](C)(C)C)c1. The fourth-order valence-electron chi connectivity index (χ4n) is 3.16. The molecule has 0 aliphatic heterocycles. The van der Waals surface area contributed by atoms with E-state index in [1.807, 2.05) is 0 Å². The van der Waals surface area contributed by atoms with Crippen LogP contribution in [0.5, 0.6) is 5.75 Å². The minimum Gasteiger partial charge on any atom is -0.544 e. The van der Waals surface area contributed by atoms with Gasteiger partial charge in [-0.3, -0.25) is 0 Å². The maximum Gasteiger partial charge on any atom is 0.242 e. The summed E-state index contributed by atoms with van der Waals surface area (Å²) in [6.07, 6.45) is 20.8. The minimum absolute atomic E-state index is 1.06. The van der Waals surface area contributed by atoms with E-state index in [9.17, 15) is 0 Å². The third kappa shape index (κ3) is 13.2. The monoisotopic (exact) mass is 374 g/mol. The molecule has 0 fully saturated rings. The fourth-order valence-corrected chi connectivity index (χ4v) is 4.00. The van der Waals surface area contributed by atoms with E-state index in [0.29, 0.717) is 0 Å². The average molecular weight is 375 g/mol. The predicted octanol–water partition coefficient (Wildman–Crippen LogP) is 8.31. The molecule has 148 valence electrons. The van der Waals surface area contributed by atoms with Crippen molar-refractivity contribution in [2.45, 2.75) is 104 Å². The summed E-state index contributed by atoms with van der Waals surface area (Å²) in [6, 6.07) is 8.71. The molecule has 0 heterocycles. The highest BCUT2D eigenvalue weighted by Gasteiger charge is 2.16. The van der Waals surface area contributed by atoms with Gasteiger partial charge in [-0.1, -0.05) is 69.7 Å². The predicted molar refractivity (Wildman–Crippen MR) is 120 cm³/mol. The molecule has 0 bridgehead atoms. The summed E-state index contributed by atoms with van der Waals surface area (Å²) < 4.78 is 6.09. The fraction of sp³-hybridized carbons (Fsp3) is 0.667. The van der Waals surface area contributed by atoms with Gasteiger partial charge in [0.2, 0.25) is 8.32 Å². The van der Waals surface area contributed by atoms with Gasteiger partial charge in [0.1, 0.15) is 5.75 Å². The molecule has 0 aliphatic rings. The van der Waals surface area contributed by atoms with Gasteiger partial charge in [0.15, 0.2) is 0 Å². The Hall–Kier alpha value is -1.02. The Morgan fingerprint density at radius 3 is 2.08 bits per heavy atom. The van der Waals surface area contributed by atoms with Gasteiger partial charge in [-0.2, -0.15) is 0 Å². The molecule has 0 atom stereocenters. The van der Waals surface area contributed by atoms with Crippen LogP contribution in [-0.2, 0) is 6.42 Å². The van der Waals surface area contributed by atoms with Crippen LogP contribution in [0, 0.1) is 0 Å². The zero-order valence-electron chi connectivity index (χ0n) is 17.9. The Balaban J connectivity index is 2.02. The number of aryl methyl sites for hydroxylation is 1. The van der Waals surface area contributed by atoms with Crippen molar-refractivity contribution in [1.29, 1.82) is 0 Å². The van der Waals surface area contributed by atoms with E-state index < -0.39 is 8.32 Å². The van der Waals surface area contributed by atoms with Gasteiger partial charge >= 0.3 is 0 Å². The van der Waals surface area contributed by atoms with Crippen LogP contribution in [0.25, 0.3) is 0 Å². The van der Waals surface area contributed by atoms with E-state index in [4.69, 9.17) is 4.43 Å². The van der Waals surface area contributed by atoms with Crippen molar-refractivity contribution in [2.24, 2.45) is 0 Å².